The number of pyridine rings is 1. The fourth-order valence-electron chi connectivity index (χ4n) is 3.12. The van der Waals surface area contributed by atoms with Crippen molar-refractivity contribution in [2.45, 2.75) is 4.90 Å². The summed E-state index contributed by atoms with van der Waals surface area (Å²) in [5, 5.41) is 12.3. The van der Waals surface area contributed by atoms with E-state index in [1.165, 1.54) is 11.8 Å². The van der Waals surface area contributed by atoms with E-state index in [9.17, 15) is 4.79 Å². The number of benzene rings is 1. The Morgan fingerprint density at radius 2 is 2.21 bits per heavy atom. The molecule has 1 aromatic carbocycles. The molecule has 1 aliphatic heterocycles. The number of methoxy groups -OCH3 is 1. The summed E-state index contributed by atoms with van der Waals surface area (Å²) in [5.74, 6) is 1.69. The molecule has 3 aromatic rings. The molecule has 0 saturated carbocycles. The van der Waals surface area contributed by atoms with Gasteiger partial charge in [0, 0.05) is 36.3 Å². The maximum atomic E-state index is 11.7. The molecule has 8 nitrogen and oxygen atoms in total. The van der Waals surface area contributed by atoms with Gasteiger partial charge in [-0.25, -0.2) is 9.67 Å². The third kappa shape index (κ3) is 3.98. The van der Waals surface area contributed by atoms with Crippen molar-refractivity contribution in [1.82, 2.24) is 19.7 Å². The van der Waals surface area contributed by atoms with Crippen molar-refractivity contribution in [3.05, 3.63) is 29.5 Å². The van der Waals surface area contributed by atoms with Crippen LogP contribution in [0.25, 0.3) is 16.6 Å². The van der Waals surface area contributed by atoms with Crippen LogP contribution in [-0.4, -0.2) is 65.6 Å². The van der Waals surface area contributed by atoms with Crippen molar-refractivity contribution >= 4 is 51.7 Å². The van der Waals surface area contributed by atoms with E-state index in [-0.39, 0.29) is 5.91 Å². The lowest BCUT2D eigenvalue weighted by atomic mass is 10.2. The predicted molar refractivity (Wildman–Crippen MR) is 117 cm³/mol. The largest absolute Gasteiger partial charge is 0.494 e. The van der Waals surface area contributed by atoms with Crippen LogP contribution in [0.2, 0.25) is 5.15 Å². The van der Waals surface area contributed by atoms with E-state index in [1.807, 2.05) is 26.2 Å². The number of hydrogen-bond donors (Lipinski definition) is 2. The van der Waals surface area contributed by atoms with E-state index in [1.54, 1.807) is 24.1 Å². The summed E-state index contributed by atoms with van der Waals surface area (Å²) in [7, 11) is 5.64. The molecule has 2 N–H and O–H groups in total. The average Bonchev–Trinajstić information content (AvgIpc) is 3.04. The molecular formula is C19H21ClN6O2S. The molecule has 10 heteroatoms. The number of ether oxygens (including phenoxy) is 1. The first kappa shape index (κ1) is 19.8. The van der Waals surface area contributed by atoms with Gasteiger partial charge >= 0.3 is 0 Å². The van der Waals surface area contributed by atoms with Gasteiger partial charge in [-0.05, 0) is 20.2 Å². The van der Waals surface area contributed by atoms with Gasteiger partial charge in [-0.3, -0.25) is 4.79 Å². The summed E-state index contributed by atoms with van der Waals surface area (Å²) >= 11 is 7.67. The Morgan fingerprint density at radius 3 is 2.97 bits per heavy atom. The lowest BCUT2D eigenvalue weighted by Gasteiger charge is -2.19. The van der Waals surface area contributed by atoms with Crippen molar-refractivity contribution in [3.8, 4) is 11.4 Å². The Bertz CT molecular complexity index is 1080. The second-order valence-electron chi connectivity index (χ2n) is 6.87. The lowest BCUT2D eigenvalue weighted by molar-refractivity contribution is -0.113. The van der Waals surface area contributed by atoms with Gasteiger partial charge in [0.15, 0.2) is 5.82 Å². The SMILES string of the molecule is COc1cc2c(cc1-n1nc(NCCN(C)C)c3cnc(Cl)cc31)SCC(=O)N2. The molecule has 29 heavy (non-hydrogen) atoms. The molecule has 0 atom stereocenters. The molecule has 0 bridgehead atoms. The molecule has 1 amide bonds. The number of halogens is 1. The first-order valence-electron chi connectivity index (χ1n) is 9.04. The minimum atomic E-state index is -0.0212. The van der Waals surface area contributed by atoms with Gasteiger partial charge in [-0.2, -0.15) is 0 Å². The summed E-state index contributed by atoms with van der Waals surface area (Å²) < 4.78 is 7.41. The molecule has 0 fully saturated rings. The van der Waals surface area contributed by atoms with E-state index in [2.05, 4.69) is 20.5 Å². The maximum absolute atomic E-state index is 11.7. The molecule has 0 radical (unpaired) electrons. The summed E-state index contributed by atoms with van der Waals surface area (Å²) in [4.78, 5) is 19.0. The number of thioether (sulfide) groups is 1. The highest BCUT2D eigenvalue weighted by Crippen LogP contribution is 2.39. The van der Waals surface area contributed by atoms with Gasteiger partial charge in [0.1, 0.15) is 16.6 Å². The van der Waals surface area contributed by atoms with Crippen molar-refractivity contribution < 1.29 is 9.53 Å². The molecule has 0 aliphatic carbocycles. The zero-order chi connectivity index (χ0) is 20.5. The maximum Gasteiger partial charge on any atom is 0.234 e. The zero-order valence-corrected chi connectivity index (χ0v) is 17.9. The van der Waals surface area contributed by atoms with E-state index in [4.69, 9.17) is 21.4 Å². The first-order valence-corrected chi connectivity index (χ1v) is 10.4. The van der Waals surface area contributed by atoms with Gasteiger partial charge in [-0.1, -0.05) is 11.6 Å². The number of carbonyl (C=O) groups is 1. The normalized spacial score (nSPS) is 13.5. The second-order valence-corrected chi connectivity index (χ2v) is 8.28. The highest BCUT2D eigenvalue weighted by molar-refractivity contribution is 8.00. The standard InChI is InChI=1S/C19H21ClN6O2S/c1-25(2)5-4-21-19-11-9-22-17(20)8-13(11)26(24-19)14-7-16-12(6-15(14)28-3)23-18(27)10-29-16/h6-9H,4-5,10H2,1-3H3,(H,21,24)(H,23,27). The molecule has 3 heterocycles. The van der Waals surface area contributed by atoms with Crippen molar-refractivity contribution in [2.75, 3.05) is 50.7 Å². The molecule has 0 unspecified atom stereocenters. The van der Waals surface area contributed by atoms with Crippen LogP contribution in [0.5, 0.6) is 5.75 Å². The number of hydrogen-bond acceptors (Lipinski definition) is 7. The van der Waals surface area contributed by atoms with Crippen molar-refractivity contribution in [1.29, 1.82) is 0 Å². The minimum Gasteiger partial charge on any atom is -0.494 e. The molecule has 2 aromatic heterocycles. The van der Waals surface area contributed by atoms with E-state index >= 15 is 0 Å². The Kier molecular flexibility index (Phi) is 5.53. The highest BCUT2D eigenvalue weighted by atomic mass is 35.5. The van der Waals surface area contributed by atoms with Gasteiger partial charge < -0.3 is 20.3 Å². The fourth-order valence-corrected chi connectivity index (χ4v) is 4.09. The van der Waals surface area contributed by atoms with Crippen LogP contribution in [0.4, 0.5) is 11.5 Å². The molecule has 0 spiro atoms. The van der Waals surface area contributed by atoms with Crippen LogP contribution < -0.4 is 15.4 Å². The summed E-state index contributed by atoms with van der Waals surface area (Å²) in [5.41, 5.74) is 2.33. The first-order chi connectivity index (χ1) is 14.0. The van der Waals surface area contributed by atoms with E-state index in [0.29, 0.717) is 16.7 Å². The number of aromatic nitrogens is 3. The summed E-state index contributed by atoms with van der Waals surface area (Å²) in [6.45, 7) is 1.61. The highest BCUT2D eigenvalue weighted by Gasteiger charge is 2.22. The molecule has 152 valence electrons. The van der Waals surface area contributed by atoms with Crippen LogP contribution in [-0.2, 0) is 4.79 Å². The quantitative estimate of drug-likeness (QED) is 0.579. The Labute approximate surface area is 177 Å². The smallest absolute Gasteiger partial charge is 0.234 e. The third-order valence-electron chi connectivity index (χ3n) is 4.53. The Morgan fingerprint density at radius 1 is 1.38 bits per heavy atom. The van der Waals surface area contributed by atoms with Gasteiger partial charge in [-0.15, -0.1) is 16.9 Å². The Balaban J connectivity index is 1.83. The van der Waals surface area contributed by atoms with Crippen LogP contribution in [0, 0.1) is 0 Å². The van der Waals surface area contributed by atoms with Crippen LogP contribution in [0.1, 0.15) is 0 Å². The molecular weight excluding hydrogens is 412 g/mol. The van der Waals surface area contributed by atoms with Gasteiger partial charge in [0.05, 0.1) is 29.5 Å². The number of carbonyl (C=O) groups excluding carboxylic acids is 1. The van der Waals surface area contributed by atoms with Crippen LogP contribution >= 0.6 is 23.4 Å². The van der Waals surface area contributed by atoms with Gasteiger partial charge in [0.2, 0.25) is 5.91 Å². The number of rotatable bonds is 6. The number of amides is 1. The van der Waals surface area contributed by atoms with E-state index < -0.39 is 0 Å². The number of nitrogens with zero attached hydrogens (tertiary/aromatic N) is 4. The van der Waals surface area contributed by atoms with Crippen LogP contribution in [0.3, 0.4) is 0 Å². The lowest BCUT2D eigenvalue weighted by Crippen LogP contribution is -2.21. The molecule has 1 aliphatic rings. The zero-order valence-electron chi connectivity index (χ0n) is 16.3. The second kappa shape index (κ2) is 8.10. The summed E-state index contributed by atoms with van der Waals surface area (Å²) in [6.07, 6.45) is 1.72. The molecule has 0 saturated heterocycles. The van der Waals surface area contributed by atoms with Crippen molar-refractivity contribution in [2.24, 2.45) is 0 Å². The number of nitrogens with one attached hydrogen (secondary N) is 2. The number of anilines is 2. The minimum absolute atomic E-state index is 0.0212. The predicted octanol–water partition coefficient (Wildman–Crippen LogP) is 3.10. The number of likely N-dealkylation sites (N-methyl/N-ethyl adjacent to an activating group) is 1. The monoisotopic (exact) mass is 432 g/mol. The van der Waals surface area contributed by atoms with Gasteiger partial charge in [0.25, 0.3) is 0 Å². The summed E-state index contributed by atoms with van der Waals surface area (Å²) in [6, 6.07) is 5.58. The third-order valence-corrected chi connectivity index (χ3v) is 5.79. The van der Waals surface area contributed by atoms with Crippen LogP contribution in [0.15, 0.2) is 29.3 Å². The Hall–Kier alpha value is -2.49. The molecule has 4 rings (SSSR count). The average molecular weight is 433 g/mol. The number of fused-ring (bicyclic) bond motifs is 2. The van der Waals surface area contributed by atoms with Crippen molar-refractivity contribution in [3.63, 3.8) is 0 Å². The fraction of sp³-hybridized carbons (Fsp3) is 0.316. The van der Waals surface area contributed by atoms with E-state index in [0.717, 1.165) is 46.1 Å². The topological polar surface area (TPSA) is 84.3 Å².